The van der Waals surface area contributed by atoms with Gasteiger partial charge in [-0.05, 0) is 44.9 Å². The molecule has 348 valence electrons. The van der Waals surface area contributed by atoms with Crippen molar-refractivity contribution in [1.82, 2.24) is 5.32 Å². The molecule has 0 aliphatic carbocycles. The number of carbonyl (C=O) groups excluding carboxylic acids is 1. The van der Waals surface area contributed by atoms with Gasteiger partial charge in [-0.1, -0.05) is 211 Å². The van der Waals surface area contributed by atoms with Crippen LogP contribution in [0.15, 0.2) is 36.5 Å². The third-order valence-electron chi connectivity index (χ3n) is 11.1. The monoisotopic (exact) mass is 853 g/mol. The molecule has 0 radical (unpaired) electrons. The van der Waals surface area contributed by atoms with Crippen LogP contribution in [0.4, 0.5) is 0 Å². The number of hydrogen-bond acceptors (Lipinski definition) is 6. The van der Waals surface area contributed by atoms with Gasteiger partial charge >= 0.3 is 0 Å². The van der Waals surface area contributed by atoms with E-state index in [0.717, 1.165) is 51.4 Å². The third-order valence-corrected chi connectivity index (χ3v) is 12.1. The summed E-state index contributed by atoms with van der Waals surface area (Å²) >= 11 is 0. The highest BCUT2D eigenvalue weighted by Crippen LogP contribution is 2.38. The molecular weight excluding hydrogens is 756 g/mol. The molecule has 3 atom stereocenters. The number of aliphatic hydroxyl groups is 1. The molecule has 0 spiro atoms. The molecule has 0 aromatic heterocycles. The third kappa shape index (κ3) is 44.6. The summed E-state index contributed by atoms with van der Waals surface area (Å²) in [5.74, 6) is -0.197. The number of hydrogen-bond donors (Lipinski definition) is 2. The first-order valence-electron chi connectivity index (χ1n) is 24.9. The molecule has 0 bridgehead atoms. The van der Waals surface area contributed by atoms with Gasteiger partial charge in [-0.15, -0.1) is 0 Å². The van der Waals surface area contributed by atoms with Crippen molar-refractivity contribution in [2.75, 3.05) is 40.9 Å². The van der Waals surface area contributed by atoms with Gasteiger partial charge < -0.3 is 28.8 Å². The minimum atomic E-state index is -4.59. The number of nitrogens with one attached hydrogen (secondary N) is 1. The van der Waals surface area contributed by atoms with Crippen LogP contribution in [0.2, 0.25) is 0 Å². The number of likely N-dealkylation sites (N-methyl/N-ethyl adjacent to an activating group) is 1. The van der Waals surface area contributed by atoms with Crippen LogP contribution in [0.5, 0.6) is 0 Å². The van der Waals surface area contributed by atoms with E-state index >= 15 is 0 Å². The van der Waals surface area contributed by atoms with Crippen LogP contribution in [0.1, 0.15) is 226 Å². The first-order chi connectivity index (χ1) is 28.5. The van der Waals surface area contributed by atoms with Crippen molar-refractivity contribution in [2.24, 2.45) is 0 Å². The van der Waals surface area contributed by atoms with Gasteiger partial charge in [0.2, 0.25) is 5.91 Å². The summed E-state index contributed by atoms with van der Waals surface area (Å²) in [5, 5.41) is 13.8. The van der Waals surface area contributed by atoms with Crippen molar-refractivity contribution in [1.29, 1.82) is 0 Å². The van der Waals surface area contributed by atoms with E-state index in [0.29, 0.717) is 17.4 Å². The fraction of sp³-hybridized carbons (Fsp3) is 0.860. The minimum absolute atomic E-state index is 0.000362. The number of aliphatic hydroxyl groups excluding tert-OH is 1. The SMILES string of the molecule is CC/C=C\C/C=C\CCCCCCCCCCCCCCCCC(=O)NC(COP(=O)([O-])OCC[N+](C)(C)C)C(O)/C=C/CCCCCCCCCCCCCCCC. The highest BCUT2D eigenvalue weighted by Gasteiger charge is 2.23. The summed E-state index contributed by atoms with van der Waals surface area (Å²) in [4.78, 5) is 25.4. The number of amides is 1. The van der Waals surface area contributed by atoms with Crippen LogP contribution in [-0.2, 0) is 18.4 Å². The van der Waals surface area contributed by atoms with Crippen molar-refractivity contribution in [2.45, 2.75) is 238 Å². The molecule has 0 aromatic rings. The van der Waals surface area contributed by atoms with Crippen molar-refractivity contribution < 1.29 is 32.9 Å². The van der Waals surface area contributed by atoms with Crippen LogP contribution in [-0.4, -0.2) is 68.5 Å². The highest BCUT2D eigenvalue weighted by atomic mass is 31.2. The van der Waals surface area contributed by atoms with Gasteiger partial charge in [0.15, 0.2) is 0 Å². The van der Waals surface area contributed by atoms with Gasteiger partial charge in [-0.25, -0.2) is 0 Å². The van der Waals surface area contributed by atoms with Gasteiger partial charge in [0, 0.05) is 6.42 Å². The topological polar surface area (TPSA) is 108 Å². The molecule has 0 saturated carbocycles. The van der Waals surface area contributed by atoms with Gasteiger partial charge in [-0.3, -0.25) is 9.36 Å². The van der Waals surface area contributed by atoms with Gasteiger partial charge in [0.05, 0.1) is 39.9 Å². The minimum Gasteiger partial charge on any atom is -0.756 e. The van der Waals surface area contributed by atoms with Crippen molar-refractivity contribution in [3.05, 3.63) is 36.5 Å². The van der Waals surface area contributed by atoms with E-state index < -0.39 is 20.0 Å². The average molecular weight is 853 g/mol. The maximum absolute atomic E-state index is 12.9. The Hall–Kier alpha value is -1.28. The standard InChI is InChI=1S/C50H97N2O6P/c1-6-8-10-12-14-16-18-20-22-24-25-26-27-28-30-32-34-36-38-40-42-44-50(54)51-48(47-58-59(55,56)57-46-45-52(3,4)5)49(53)43-41-39-37-35-33-31-29-23-21-19-17-15-13-11-9-7-2/h8,10,14,16,41,43,48-49,53H,6-7,9,11-13,15,17-40,42,44-47H2,1-5H3,(H-,51,54,55,56)/b10-8-,16-14-,43-41+. The Balaban J connectivity index is 4.29. The zero-order valence-corrected chi connectivity index (χ0v) is 40.4. The predicted molar refractivity (Wildman–Crippen MR) is 251 cm³/mol. The fourth-order valence-corrected chi connectivity index (χ4v) is 7.91. The van der Waals surface area contributed by atoms with E-state index in [9.17, 15) is 19.4 Å². The summed E-state index contributed by atoms with van der Waals surface area (Å²) in [7, 11) is 1.26. The molecule has 0 aromatic carbocycles. The van der Waals surface area contributed by atoms with E-state index in [1.165, 1.54) is 154 Å². The number of carbonyl (C=O) groups is 1. The number of unbranched alkanes of at least 4 members (excludes halogenated alkanes) is 28. The van der Waals surface area contributed by atoms with E-state index in [4.69, 9.17) is 9.05 Å². The number of allylic oxidation sites excluding steroid dienone is 5. The molecular formula is C50H97N2O6P. The molecule has 0 fully saturated rings. The van der Waals surface area contributed by atoms with Crippen LogP contribution in [0, 0.1) is 0 Å². The number of phosphoric acid groups is 1. The second-order valence-electron chi connectivity index (χ2n) is 18.1. The fourth-order valence-electron chi connectivity index (χ4n) is 7.19. The van der Waals surface area contributed by atoms with Crippen molar-refractivity contribution in [3.63, 3.8) is 0 Å². The van der Waals surface area contributed by atoms with Crippen molar-refractivity contribution in [3.8, 4) is 0 Å². The lowest BCUT2D eigenvalue weighted by Gasteiger charge is -2.29. The molecule has 0 aliphatic rings. The van der Waals surface area contributed by atoms with Gasteiger partial charge in [-0.2, -0.15) is 0 Å². The van der Waals surface area contributed by atoms with Crippen molar-refractivity contribution >= 4 is 13.7 Å². The second-order valence-corrected chi connectivity index (χ2v) is 19.6. The Bertz CT molecular complexity index is 1060. The van der Waals surface area contributed by atoms with E-state index in [1.54, 1.807) is 6.08 Å². The lowest BCUT2D eigenvalue weighted by Crippen LogP contribution is -2.45. The molecule has 2 N–H and O–H groups in total. The maximum atomic E-state index is 12.9. The number of quaternary nitrogens is 1. The lowest BCUT2D eigenvalue weighted by atomic mass is 10.0. The Morgan fingerprint density at radius 1 is 0.610 bits per heavy atom. The van der Waals surface area contributed by atoms with E-state index in [-0.39, 0.29) is 19.1 Å². The number of nitrogens with zero attached hydrogens (tertiary/aromatic N) is 1. The normalized spacial score (nSPS) is 14.5. The first kappa shape index (κ1) is 57.7. The molecule has 59 heavy (non-hydrogen) atoms. The molecule has 0 heterocycles. The predicted octanol–water partition coefficient (Wildman–Crippen LogP) is 13.6. The Morgan fingerprint density at radius 2 is 1.03 bits per heavy atom. The summed E-state index contributed by atoms with van der Waals surface area (Å²) < 4.78 is 23.3. The summed E-state index contributed by atoms with van der Waals surface area (Å²) in [6.45, 7) is 4.56. The molecule has 3 unspecified atom stereocenters. The van der Waals surface area contributed by atoms with Crippen LogP contribution >= 0.6 is 7.82 Å². The Morgan fingerprint density at radius 3 is 1.49 bits per heavy atom. The van der Waals surface area contributed by atoms with Gasteiger partial charge in [0.25, 0.3) is 7.82 Å². The van der Waals surface area contributed by atoms with Crippen LogP contribution in [0.25, 0.3) is 0 Å². The Kier molecular flexibility index (Phi) is 41.1. The second kappa shape index (κ2) is 42.0. The van der Waals surface area contributed by atoms with Gasteiger partial charge in [0.1, 0.15) is 13.2 Å². The summed E-state index contributed by atoms with van der Waals surface area (Å²) in [6.07, 6.45) is 51.9. The number of phosphoric ester groups is 1. The molecule has 9 heteroatoms. The lowest BCUT2D eigenvalue weighted by molar-refractivity contribution is -0.870. The smallest absolute Gasteiger partial charge is 0.268 e. The largest absolute Gasteiger partial charge is 0.756 e. The van der Waals surface area contributed by atoms with Crippen LogP contribution in [0.3, 0.4) is 0 Å². The number of rotatable bonds is 45. The maximum Gasteiger partial charge on any atom is 0.268 e. The highest BCUT2D eigenvalue weighted by molar-refractivity contribution is 7.45. The summed E-state index contributed by atoms with van der Waals surface area (Å²) in [6, 6.07) is -0.885. The zero-order chi connectivity index (χ0) is 43.6. The van der Waals surface area contributed by atoms with E-state index in [2.05, 4.69) is 43.5 Å². The summed E-state index contributed by atoms with van der Waals surface area (Å²) in [5.41, 5.74) is 0. The molecule has 0 aliphatic heterocycles. The molecule has 0 rings (SSSR count). The average Bonchev–Trinajstić information content (AvgIpc) is 3.19. The first-order valence-corrected chi connectivity index (χ1v) is 26.3. The van der Waals surface area contributed by atoms with E-state index in [1.807, 2.05) is 27.2 Å². The zero-order valence-electron chi connectivity index (χ0n) is 39.5. The quantitative estimate of drug-likeness (QED) is 0.0273. The van der Waals surface area contributed by atoms with Crippen LogP contribution < -0.4 is 10.2 Å². The molecule has 0 saturated heterocycles. The molecule has 1 amide bonds. The Labute approximate surface area is 366 Å². The molecule has 8 nitrogen and oxygen atoms in total.